The van der Waals surface area contributed by atoms with Crippen LogP contribution in [0.3, 0.4) is 0 Å². The third-order valence-electron chi connectivity index (χ3n) is 4.60. The predicted octanol–water partition coefficient (Wildman–Crippen LogP) is 4.64. The zero-order chi connectivity index (χ0) is 18.2. The Bertz CT molecular complexity index is 920. The van der Waals surface area contributed by atoms with Crippen LogP contribution in [0.15, 0.2) is 47.4 Å². The molecule has 3 rings (SSSR count). The summed E-state index contributed by atoms with van der Waals surface area (Å²) in [6.07, 6.45) is 1.25. The highest BCUT2D eigenvalue weighted by atomic mass is 35.5. The smallest absolute Gasteiger partial charge is 0.246 e. The van der Waals surface area contributed by atoms with Gasteiger partial charge in [0.1, 0.15) is 0 Å². The third kappa shape index (κ3) is 3.16. The standard InChI is InChI=1S/C18H17Cl2NO3S/c1-12-3-6-14(7-4-12)25(23,24)18(9-2-10-18)17(22)21-16-11-13(19)5-8-15(16)20/h3-8,11H,2,9-10H2,1H3,(H,21,22). The number of amides is 1. The normalized spacial score (nSPS) is 16.1. The van der Waals surface area contributed by atoms with E-state index >= 15 is 0 Å². The minimum Gasteiger partial charge on any atom is -0.323 e. The summed E-state index contributed by atoms with van der Waals surface area (Å²) in [6, 6.07) is 11.2. The first kappa shape index (κ1) is 18.2. The lowest BCUT2D eigenvalue weighted by atomic mass is 9.83. The molecule has 0 saturated heterocycles. The van der Waals surface area contributed by atoms with Crippen LogP contribution in [0.4, 0.5) is 5.69 Å². The molecule has 0 spiro atoms. The summed E-state index contributed by atoms with van der Waals surface area (Å²) in [4.78, 5) is 13.0. The molecule has 1 aliphatic carbocycles. The number of benzene rings is 2. The van der Waals surface area contributed by atoms with Crippen LogP contribution in [0.2, 0.25) is 10.0 Å². The highest BCUT2D eigenvalue weighted by Crippen LogP contribution is 2.44. The Kier molecular flexibility index (Phi) is 4.84. The molecule has 0 aromatic heterocycles. The minimum absolute atomic E-state index is 0.158. The van der Waals surface area contributed by atoms with E-state index in [1.165, 1.54) is 6.07 Å². The van der Waals surface area contributed by atoms with E-state index in [1.54, 1.807) is 36.4 Å². The summed E-state index contributed by atoms with van der Waals surface area (Å²) in [7, 11) is -3.81. The average molecular weight is 398 g/mol. The molecule has 1 fully saturated rings. The summed E-state index contributed by atoms with van der Waals surface area (Å²) in [5, 5.41) is 3.36. The van der Waals surface area contributed by atoms with Gasteiger partial charge in [0.25, 0.3) is 0 Å². The molecule has 1 aliphatic rings. The van der Waals surface area contributed by atoms with Crippen LogP contribution in [0.1, 0.15) is 24.8 Å². The fraction of sp³-hybridized carbons (Fsp3) is 0.278. The Morgan fingerprint density at radius 1 is 1.08 bits per heavy atom. The van der Waals surface area contributed by atoms with Crippen molar-refractivity contribution in [2.45, 2.75) is 35.8 Å². The number of sulfone groups is 1. The predicted molar refractivity (Wildman–Crippen MR) is 100 cm³/mol. The number of aryl methyl sites for hydroxylation is 1. The van der Waals surface area contributed by atoms with Crippen LogP contribution < -0.4 is 5.32 Å². The van der Waals surface area contributed by atoms with Gasteiger partial charge in [0.05, 0.1) is 15.6 Å². The highest BCUT2D eigenvalue weighted by Gasteiger charge is 2.55. The monoisotopic (exact) mass is 397 g/mol. The summed E-state index contributed by atoms with van der Waals surface area (Å²) in [5.74, 6) is -0.566. The quantitative estimate of drug-likeness (QED) is 0.816. The first-order valence-corrected chi connectivity index (χ1v) is 10.1. The Balaban J connectivity index is 1.96. The van der Waals surface area contributed by atoms with Crippen LogP contribution in [0, 0.1) is 6.92 Å². The molecule has 0 atom stereocenters. The maximum absolute atomic E-state index is 13.1. The Morgan fingerprint density at radius 2 is 1.72 bits per heavy atom. The van der Waals surface area contributed by atoms with Gasteiger partial charge in [-0.1, -0.05) is 40.9 Å². The van der Waals surface area contributed by atoms with E-state index in [0.29, 0.717) is 22.2 Å². The molecule has 2 aromatic carbocycles. The van der Waals surface area contributed by atoms with Crippen molar-refractivity contribution in [3.05, 3.63) is 58.1 Å². The molecule has 1 amide bonds. The second-order valence-electron chi connectivity index (χ2n) is 6.24. The van der Waals surface area contributed by atoms with Crippen molar-refractivity contribution in [3.63, 3.8) is 0 Å². The first-order chi connectivity index (χ1) is 11.8. The van der Waals surface area contributed by atoms with Gasteiger partial charge in [-0.15, -0.1) is 0 Å². The number of anilines is 1. The van der Waals surface area contributed by atoms with E-state index in [-0.39, 0.29) is 17.7 Å². The van der Waals surface area contributed by atoms with Crippen molar-refractivity contribution < 1.29 is 13.2 Å². The number of halogens is 2. The Labute approximate surface area is 157 Å². The molecular weight excluding hydrogens is 381 g/mol. The number of carbonyl (C=O) groups is 1. The van der Waals surface area contributed by atoms with Gasteiger partial charge in [-0.3, -0.25) is 4.79 Å². The van der Waals surface area contributed by atoms with Gasteiger partial charge in [0, 0.05) is 5.02 Å². The molecule has 4 nitrogen and oxygen atoms in total. The minimum atomic E-state index is -3.81. The number of hydrogen-bond donors (Lipinski definition) is 1. The van der Waals surface area contributed by atoms with Crippen LogP contribution in [0.5, 0.6) is 0 Å². The molecular formula is C18H17Cl2NO3S. The molecule has 2 aromatic rings. The van der Waals surface area contributed by atoms with E-state index in [1.807, 2.05) is 6.92 Å². The van der Waals surface area contributed by atoms with Crippen LogP contribution in [-0.2, 0) is 14.6 Å². The van der Waals surface area contributed by atoms with Crippen LogP contribution in [-0.4, -0.2) is 19.1 Å². The van der Waals surface area contributed by atoms with Gasteiger partial charge < -0.3 is 5.32 Å². The molecule has 0 bridgehead atoms. The fourth-order valence-electron chi connectivity index (χ4n) is 2.89. The second-order valence-corrected chi connectivity index (χ2v) is 9.35. The van der Waals surface area contributed by atoms with Gasteiger partial charge in [-0.25, -0.2) is 8.42 Å². The van der Waals surface area contributed by atoms with Crippen molar-refractivity contribution in [2.75, 3.05) is 5.32 Å². The van der Waals surface area contributed by atoms with Gasteiger partial charge >= 0.3 is 0 Å². The topological polar surface area (TPSA) is 63.2 Å². The summed E-state index contributed by atoms with van der Waals surface area (Å²) < 4.78 is 24.8. The molecule has 132 valence electrons. The first-order valence-electron chi connectivity index (χ1n) is 7.84. The highest BCUT2D eigenvalue weighted by molar-refractivity contribution is 7.93. The number of nitrogens with one attached hydrogen (secondary N) is 1. The largest absolute Gasteiger partial charge is 0.323 e. The van der Waals surface area contributed by atoms with Gasteiger partial charge in [0.2, 0.25) is 5.91 Å². The molecule has 1 N–H and O–H groups in total. The zero-order valence-corrected chi connectivity index (χ0v) is 15.9. The lowest BCUT2D eigenvalue weighted by Crippen LogP contribution is -2.54. The summed E-state index contributed by atoms with van der Waals surface area (Å²) in [5.41, 5.74) is 1.27. The van der Waals surface area contributed by atoms with Gasteiger partial charge in [-0.05, 0) is 56.5 Å². The molecule has 0 unspecified atom stereocenters. The van der Waals surface area contributed by atoms with Gasteiger partial charge in [-0.2, -0.15) is 0 Å². The Morgan fingerprint density at radius 3 is 2.28 bits per heavy atom. The second kappa shape index (κ2) is 6.63. The summed E-state index contributed by atoms with van der Waals surface area (Å²) in [6.45, 7) is 1.88. The SMILES string of the molecule is Cc1ccc(S(=O)(=O)C2(C(=O)Nc3cc(Cl)ccc3Cl)CCC2)cc1. The molecule has 0 aliphatic heterocycles. The maximum Gasteiger partial charge on any atom is 0.246 e. The molecule has 7 heteroatoms. The van der Waals surface area contributed by atoms with Crippen molar-refractivity contribution in [1.29, 1.82) is 0 Å². The number of carbonyl (C=O) groups excluding carboxylic acids is 1. The zero-order valence-electron chi connectivity index (χ0n) is 13.6. The molecule has 0 radical (unpaired) electrons. The number of rotatable bonds is 4. The van der Waals surface area contributed by atoms with Crippen molar-refractivity contribution in [1.82, 2.24) is 0 Å². The molecule has 1 saturated carbocycles. The lowest BCUT2D eigenvalue weighted by molar-refractivity contribution is -0.120. The van der Waals surface area contributed by atoms with E-state index in [0.717, 1.165) is 5.56 Å². The third-order valence-corrected chi connectivity index (χ3v) is 7.68. The average Bonchev–Trinajstić information content (AvgIpc) is 2.50. The van der Waals surface area contributed by atoms with Crippen molar-refractivity contribution >= 4 is 44.6 Å². The van der Waals surface area contributed by atoms with E-state index in [9.17, 15) is 13.2 Å². The summed E-state index contributed by atoms with van der Waals surface area (Å²) >= 11 is 12.0. The Hall–Kier alpha value is -1.56. The van der Waals surface area contributed by atoms with Crippen molar-refractivity contribution in [3.8, 4) is 0 Å². The van der Waals surface area contributed by atoms with Crippen LogP contribution in [0.25, 0.3) is 0 Å². The molecule has 25 heavy (non-hydrogen) atoms. The van der Waals surface area contributed by atoms with E-state index in [4.69, 9.17) is 23.2 Å². The van der Waals surface area contributed by atoms with E-state index in [2.05, 4.69) is 5.32 Å². The molecule has 0 heterocycles. The lowest BCUT2D eigenvalue weighted by Gasteiger charge is -2.39. The van der Waals surface area contributed by atoms with E-state index < -0.39 is 20.5 Å². The van der Waals surface area contributed by atoms with Crippen molar-refractivity contribution in [2.24, 2.45) is 0 Å². The fourth-order valence-corrected chi connectivity index (χ4v) is 5.29. The maximum atomic E-state index is 13.1. The van der Waals surface area contributed by atoms with Gasteiger partial charge in [0.15, 0.2) is 14.6 Å². The van der Waals surface area contributed by atoms with Crippen LogP contribution >= 0.6 is 23.2 Å². The number of hydrogen-bond acceptors (Lipinski definition) is 3.